The van der Waals surface area contributed by atoms with Crippen molar-refractivity contribution in [2.24, 2.45) is 4.99 Å². The second kappa shape index (κ2) is 10.8. The molecule has 2 N–H and O–H groups in total. The summed E-state index contributed by atoms with van der Waals surface area (Å²) in [5.41, 5.74) is 0.841. The zero-order valence-corrected chi connectivity index (χ0v) is 19.6. The van der Waals surface area contributed by atoms with E-state index in [9.17, 15) is 15.0 Å². The lowest BCUT2D eigenvalue weighted by Gasteiger charge is -2.10. The van der Waals surface area contributed by atoms with Gasteiger partial charge in [-0.1, -0.05) is 11.8 Å². The minimum atomic E-state index is -0.693. The second-order valence-electron chi connectivity index (χ2n) is 6.66. The van der Waals surface area contributed by atoms with Gasteiger partial charge in [0.15, 0.2) is 0 Å². The molecule has 1 aliphatic rings. The molecule has 8 nitrogen and oxygen atoms in total. The fraction of sp³-hybridized carbons (Fsp3) is 0.250. The predicted molar refractivity (Wildman–Crippen MR) is 128 cm³/mol. The topological polar surface area (TPSA) is 107 Å². The highest BCUT2D eigenvalue weighted by atomic mass is 32.2. The van der Waals surface area contributed by atoms with Crippen LogP contribution in [0.4, 0.5) is 5.69 Å². The van der Waals surface area contributed by atoms with Gasteiger partial charge in [-0.3, -0.25) is 0 Å². The van der Waals surface area contributed by atoms with Crippen LogP contribution in [0, 0.1) is 0 Å². The van der Waals surface area contributed by atoms with Crippen LogP contribution in [0.5, 0.6) is 23.0 Å². The molecule has 3 rings (SSSR count). The minimum Gasteiger partial charge on any atom is -0.507 e. The lowest BCUT2D eigenvalue weighted by atomic mass is 10.1. The molecule has 0 saturated heterocycles. The third-order valence-corrected chi connectivity index (χ3v) is 5.59. The standard InChI is InChI=1S/C24H25NO7S/c1-5-31-15-9-7-14(8-10-15)25-23-21(24(28)32-6-2)22(27)20(33-23)13-17-18(26)11-16(29-3)12-19(17)30-4/h7-13,26-27H,5-6H2,1-4H3. The monoisotopic (exact) mass is 471 g/mol. The Morgan fingerprint density at radius 2 is 1.76 bits per heavy atom. The molecule has 0 atom stereocenters. The lowest BCUT2D eigenvalue weighted by Crippen LogP contribution is -2.12. The predicted octanol–water partition coefficient (Wildman–Crippen LogP) is 5.00. The highest BCUT2D eigenvalue weighted by Gasteiger charge is 2.33. The molecule has 0 aromatic heterocycles. The number of hydrogen-bond donors (Lipinski definition) is 2. The maximum atomic E-state index is 12.6. The first-order valence-corrected chi connectivity index (χ1v) is 11.0. The number of aliphatic hydroxyl groups excluding tert-OH is 1. The van der Waals surface area contributed by atoms with Crippen LogP contribution in [0.1, 0.15) is 19.4 Å². The molecule has 1 aliphatic heterocycles. The Labute approximate surface area is 196 Å². The van der Waals surface area contributed by atoms with Crippen molar-refractivity contribution >= 4 is 34.5 Å². The quantitative estimate of drug-likeness (QED) is 0.518. The minimum absolute atomic E-state index is 0.0473. The van der Waals surface area contributed by atoms with E-state index in [0.29, 0.717) is 40.0 Å². The number of methoxy groups -OCH3 is 2. The Balaban J connectivity index is 2.06. The summed E-state index contributed by atoms with van der Waals surface area (Å²) >= 11 is 1.08. The number of nitrogens with zero attached hydrogens (tertiary/aromatic N) is 1. The van der Waals surface area contributed by atoms with E-state index in [4.69, 9.17) is 18.9 Å². The van der Waals surface area contributed by atoms with Gasteiger partial charge >= 0.3 is 5.97 Å². The van der Waals surface area contributed by atoms with E-state index in [1.54, 1.807) is 37.3 Å². The van der Waals surface area contributed by atoms with Crippen molar-refractivity contribution in [3.63, 3.8) is 0 Å². The summed E-state index contributed by atoms with van der Waals surface area (Å²) in [5, 5.41) is 21.6. The molecular weight excluding hydrogens is 446 g/mol. The number of benzene rings is 2. The summed E-state index contributed by atoms with van der Waals surface area (Å²) in [6, 6.07) is 10.1. The molecule has 0 amide bonds. The number of aliphatic hydroxyl groups is 1. The largest absolute Gasteiger partial charge is 0.507 e. The molecule has 0 aliphatic carbocycles. The summed E-state index contributed by atoms with van der Waals surface area (Å²) < 4.78 is 21.1. The zero-order chi connectivity index (χ0) is 24.0. The first kappa shape index (κ1) is 24.1. The second-order valence-corrected chi connectivity index (χ2v) is 7.69. The van der Waals surface area contributed by atoms with E-state index in [0.717, 1.165) is 11.8 Å². The number of rotatable bonds is 8. The van der Waals surface area contributed by atoms with E-state index in [2.05, 4.69) is 4.99 Å². The van der Waals surface area contributed by atoms with Gasteiger partial charge in [0.1, 0.15) is 39.4 Å². The maximum absolute atomic E-state index is 12.6. The van der Waals surface area contributed by atoms with E-state index >= 15 is 0 Å². The van der Waals surface area contributed by atoms with E-state index < -0.39 is 5.97 Å². The maximum Gasteiger partial charge on any atom is 0.344 e. The van der Waals surface area contributed by atoms with Gasteiger partial charge in [0.25, 0.3) is 0 Å². The molecule has 0 fully saturated rings. The van der Waals surface area contributed by atoms with Crippen LogP contribution in [0.3, 0.4) is 0 Å². The molecule has 174 valence electrons. The Bertz CT molecular complexity index is 1120. The Morgan fingerprint density at radius 3 is 2.36 bits per heavy atom. The Morgan fingerprint density at radius 1 is 1.03 bits per heavy atom. The molecule has 0 spiro atoms. The van der Waals surface area contributed by atoms with Crippen LogP contribution in [0.15, 0.2) is 57.6 Å². The van der Waals surface area contributed by atoms with Crippen LogP contribution >= 0.6 is 11.8 Å². The van der Waals surface area contributed by atoms with Gasteiger partial charge in [-0.2, -0.15) is 0 Å². The first-order valence-electron chi connectivity index (χ1n) is 10.2. The lowest BCUT2D eigenvalue weighted by molar-refractivity contribution is -0.138. The van der Waals surface area contributed by atoms with Crippen molar-refractivity contribution in [2.45, 2.75) is 13.8 Å². The fourth-order valence-electron chi connectivity index (χ4n) is 3.04. The first-order chi connectivity index (χ1) is 15.9. The van der Waals surface area contributed by atoms with E-state index in [1.807, 2.05) is 6.92 Å². The SMILES string of the molecule is CCOC(=O)C1=C(O)C(=Cc2c(O)cc(OC)cc2OC)SC1=Nc1ccc(OCC)cc1. The van der Waals surface area contributed by atoms with Crippen LogP contribution in [0.2, 0.25) is 0 Å². The van der Waals surface area contributed by atoms with E-state index in [-0.39, 0.29) is 28.7 Å². The fourth-order valence-corrected chi connectivity index (χ4v) is 4.06. The molecule has 9 heteroatoms. The van der Waals surface area contributed by atoms with Crippen LogP contribution in [-0.4, -0.2) is 48.7 Å². The number of esters is 1. The number of carbonyl (C=O) groups excluding carboxylic acids is 1. The van der Waals surface area contributed by atoms with Gasteiger partial charge in [0.05, 0.1) is 43.6 Å². The number of thioether (sulfide) groups is 1. The smallest absolute Gasteiger partial charge is 0.344 e. The number of phenolic OH excluding ortho intramolecular Hbond substituents is 1. The Hall–Kier alpha value is -3.59. The number of aromatic hydroxyl groups is 1. The van der Waals surface area contributed by atoms with Crippen LogP contribution in [0.25, 0.3) is 6.08 Å². The van der Waals surface area contributed by atoms with Crippen molar-refractivity contribution in [3.05, 3.63) is 58.2 Å². The van der Waals surface area contributed by atoms with Gasteiger partial charge in [0.2, 0.25) is 0 Å². The highest BCUT2D eigenvalue weighted by Crippen LogP contribution is 2.43. The number of aliphatic imine (C=N–C) groups is 1. The van der Waals surface area contributed by atoms with Crippen molar-refractivity contribution in [3.8, 4) is 23.0 Å². The average Bonchev–Trinajstić information content (AvgIpc) is 3.11. The van der Waals surface area contributed by atoms with E-state index in [1.165, 1.54) is 26.4 Å². The summed E-state index contributed by atoms with van der Waals surface area (Å²) in [6.07, 6.45) is 1.52. The van der Waals surface area contributed by atoms with Crippen molar-refractivity contribution in [1.29, 1.82) is 0 Å². The molecule has 2 aromatic rings. The summed E-state index contributed by atoms with van der Waals surface area (Å²) in [6.45, 7) is 4.26. The number of ether oxygens (including phenoxy) is 4. The zero-order valence-electron chi connectivity index (χ0n) is 18.7. The molecule has 0 bridgehead atoms. The molecule has 1 heterocycles. The number of phenols is 1. The normalized spacial score (nSPS) is 15.8. The molecular formula is C24H25NO7S. The molecule has 0 saturated carbocycles. The third-order valence-electron chi connectivity index (χ3n) is 4.57. The molecule has 0 unspecified atom stereocenters. The average molecular weight is 472 g/mol. The third kappa shape index (κ3) is 5.43. The Kier molecular flexibility index (Phi) is 7.89. The van der Waals surface area contributed by atoms with Gasteiger partial charge in [0, 0.05) is 12.1 Å². The van der Waals surface area contributed by atoms with Crippen molar-refractivity contribution in [1.82, 2.24) is 0 Å². The highest BCUT2D eigenvalue weighted by molar-refractivity contribution is 8.18. The van der Waals surface area contributed by atoms with Crippen molar-refractivity contribution in [2.75, 3.05) is 27.4 Å². The van der Waals surface area contributed by atoms with Gasteiger partial charge in [-0.15, -0.1) is 0 Å². The molecule has 2 aromatic carbocycles. The van der Waals surface area contributed by atoms with Crippen LogP contribution < -0.4 is 14.2 Å². The molecule has 0 radical (unpaired) electrons. The van der Waals surface area contributed by atoms with Gasteiger partial charge in [-0.05, 0) is 44.2 Å². The van der Waals surface area contributed by atoms with Gasteiger partial charge < -0.3 is 29.2 Å². The van der Waals surface area contributed by atoms with Crippen molar-refractivity contribution < 1.29 is 34.0 Å². The summed E-state index contributed by atoms with van der Waals surface area (Å²) in [5.74, 6) is 0.355. The molecule has 33 heavy (non-hydrogen) atoms. The summed E-state index contributed by atoms with van der Waals surface area (Å²) in [4.78, 5) is 17.4. The number of hydrogen-bond acceptors (Lipinski definition) is 9. The van der Waals surface area contributed by atoms with Crippen LogP contribution in [-0.2, 0) is 9.53 Å². The number of carbonyl (C=O) groups is 1. The summed E-state index contributed by atoms with van der Waals surface area (Å²) in [7, 11) is 2.93. The van der Waals surface area contributed by atoms with Gasteiger partial charge in [-0.25, -0.2) is 9.79 Å².